The first kappa shape index (κ1) is 10.1. The average molecular weight is 167 g/mol. The molecular formula is C12H23. The van der Waals surface area contributed by atoms with E-state index in [2.05, 4.69) is 34.1 Å². The third-order valence-electron chi connectivity index (χ3n) is 2.92. The van der Waals surface area contributed by atoms with E-state index < -0.39 is 0 Å². The van der Waals surface area contributed by atoms with E-state index >= 15 is 0 Å². The first-order valence-electron chi connectivity index (χ1n) is 5.28. The molecule has 1 aliphatic rings. The lowest BCUT2D eigenvalue weighted by molar-refractivity contribution is 0.239. The van der Waals surface area contributed by atoms with Crippen LogP contribution >= 0.6 is 0 Å². The molecule has 1 fully saturated rings. The first-order chi connectivity index (χ1) is 5.41. The Labute approximate surface area is 77.7 Å². The Balaban J connectivity index is 2.58. The van der Waals surface area contributed by atoms with Gasteiger partial charge in [-0.25, -0.2) is 0 Å². The van der Waals surface area contributed by atoms with Gasteiger partial charge in [0.2, 0.25) is 0 Å². The molecule has 0 heterocycles. The Morgan fingerprint density at radius 1 is 0.750 bits per heavy atom. The summed E-state index contributed by atoms with van der Waals surface area (Å²) >= 11 is 0. The summed E-state index contributed by atoms with van der Waals surface area (Å²) in [6.07, 6.45) is 9.58. The molecule has 0 aromatic carbocycles. The van der Waals surface area contributed by atoms with Gasteiger partial charge >= 0.3 is 0 Å². The van der Waals surface area contributed by atoms with Crippen molar-refractivity contribution < 1.29 is 0 Å². The molecule has 12 heavy (non-hydrogen) atoms. The maximum absolute atomic E-state index is 2.57. The number of rotatable bonds is 0. The smallest absolute Gasteiger partial charge is 0.0273 e. The molecule has 0 atom stereocenters. The summed E-state index contributed by atoms with van der Waals surface area (Å²) in [7, 11) is 0. The molecule has 0 aliphatic heterocycles. The molecule has 0 heteroatoms. The van der Waals surface area contributed by atoms with Gasteiger partial charge in [0.05, 0.1) is 0 Å². The molecule has 0 nitrogen and oxygen atoms in total. The lowest BCUT2D eigenvalue weighted by atomic mass is 9.69. The summed E-state index contributed by atoms with van der Waals surface area (Å²) in [6, 6.07) is 0. The molecule has 0 amide bonds. The monoisotopic (exact) mass is 167 g/mol. The summed E-state index contributed by atoms with van der Waals surface area (Å²) in [5.74, 6) is 0. The van der Waals surface area contributed by atoms with Gasteiger partial charge < -0.3 is 0 Å². The standard InChI is InChI=1S/C12H23/c1-11(2)8-6-5-7-9-12(3,4)10-11/h10H,5-9H2,1-4H3. The van der Waals surface area contributed by atoms with E-state index in [1.807, 2.05) is 0 Å². The van der Waals surface area contributed by atoms with Crippen molar-refractivity contribution in [1.82, 2.24) is 0 Å². The number of hydrogen-bond donors (Lipinski definition) is 0. The van der Waals surface area contributed by atoms with Crippen LogP contribution in [0.1, 0.15) is 59.8 Å². The molecule has 0 aromatic heterocycles. The fourth-order valence-corrected chi connectivity index (χ4v) is 2.54. The van der Waals surface area contributed by atoms with Crippen LogP contribution in [0.5, 0.6) is 0 Å². The lowest BCUT2D eigenvalue weighted by Gasteiger charge is -2.37. The molecule has 0 N–H and O–H groups in total. The summed E-state index contributed by atoms with van der Waals surface area (Å²) < 4.78 is 0. The van der Waals surface area contributed by atoms with Gasteiger partial charge in [-0.2, -0.15) is 0 Å². The van der Waals surface area contributed by atoms with E-state index in [0.29, 0.717) is 10.8 Å². The van der Waals surface area contributed by atoms with Crippen molar-refractivity contribution in [3.05, 3.63) is 6.42 Å². The van der Waals surface area contributed by atoms with Crippen molar-refractivity contribution in [3.8, 4) is 0 Å². The van der Waals surface area contributed by atoms with Gasteiger partial charge in [0.1, 0.15) is 0 Å². The second kappa shape index (κ2) is 3.40. The van der Waals surface area contributed by atoms with Crippen LogP contribution in [0.25, 0.3) is 0 Å². The van der Waals surface area contributed by atoms with Gasteiger partial charge in [0, 0.05) is 0 Å². The zero-order valence-electron chi connectivity index (χ0n) is 9.11. The minimum absolute atomic E-state index is 0.462. The van der Waals surface area contributed by atoms with Crippen molar-refractivity contribution >= 4 is 0 Å². The van der Waals surface area contributed by atoms with Gasteiger partial charge in [-0.15, -0.1) is 0 Å². The van der Waals surface area contributed by atoms with Gasteiger partial charge in [-0.05, 0) is 30.1 Å². The predicted octanol–water partition coefficient (Wildman–Crippen LogP) is 4.21. The Morgan fingerprint density at radius 2 is 1.17 bits per heavy atom. The minimum Gasteiger partial charge on any atom is -0.0596 e. The second-order valence-corrected chi connectivity index (χ2v) is 5.68. The topological polar surface area (TPSA) is 0 Å². The van der Waals surface area contributed by atoms with E-state index in [1.165, 1.54) is 32.1 Å². The van der Waals surface area contributed by atoms with Crippen LogP contribution in [-0.2, 0) is 0 Å². The van der Waals surface area contributed by atoms with Crippen LogP contribution in [0.2, 0.25) is 0 Å². The molecule has 1 aliphatic carbocycles. The van der Waals surface area contributed by atoms with Gasteiger partial charge in [0.15, 0.2) is 0 Å². The maximum atomic E-state index is 2.57. The van der Waals surface area contributed by atoms with Crippen molar-refractivity contribution in [3.63, 3.8) is 0 Å². The normalized spacial score (nSPS) is 29.0. The Morgan fingerprint density at radius 3 is 1.58 bits per heavy atom. The predicted molar refractivity (Wildman–Crippen MR) is 54.9 cm³/mol. The van der Waals surface area contributed by atoms with E-state index in [4.69, 9.17) is 0 Å². The first-order valence-corrected chi connectivity index (χ1v) is 5.28. The minimum atomic E-state index is 0.462. The second-order valence-electron chi connectivity index (χ2n) is 5.68. The molecule has 0 aromatic rings. The summed E-state index contributed by atoms with van der Waals surface area (Å²) in [4.78, 5) is 0. The fraction of sp³-hybridized carbons (Fsp3) is 0.917. The van der Waals surface area contributed by atoms with Crippen LogP contribution in [0.15, 0.2) is 0 Å². The van der Waals surface area contributed by atoms with Crippen molar-refractivity contribution in [1.29, 1.82) is 0 Å². The summed E-state index contributed by atoms with van der Waals surface area (Å²) in [6.45, 7) is 9.50. The van der Waals surface area contributed by atoms with Crippen LogP contribution in [0.3, 0.4) is 0 Å². The Hall–Kier alpha value is 0. The maximum Gasteiger partial charge on any atom is -0.0273 e. The van der Waals surface area contributed by atoms with E-state index in [9.17, 15) is 0 Å². The van der Waals surface area contributed by atoms with E-state index in [1.54, 1.807) is 0 Å². The molecule has 71 valence electrons. The van der Waals surface area contributed by atoms with Crippen LogP contribution in [0.4, 0.5) is 0 Å². The average Bonchev–Trinajstić information content (AvgIpc) is 1.80. The molecule has 1 radical (unpaired) electrons. The molecule has 1 rings (SSSR count). The van der Waals surface area contributed by atoms with Crippen molar-refractivity contribution in [2.75, 3.05) is 0 Å². The number of hydrogen-bond acceptors (Lipinski definition) is 0. The largest absolute Gasteiger partial charge is 0.0596 e. The summed E-state index contributed by atoms with van der Waals surface area (Å²) in [5, 5.41) is 0. The Bertz CT molecular complexity index is 126. The quantitative estimate of drug-likeness (QED) is 0.507. The van der Waals surface area contributed by atoms with Crippen molar-refractivity contribution in [2.24, 2.45) is 10.8 Å². The molecule has 0 spiro atoms. The van der Waals surface area contributed by atoms with Gasteiger partial charge in [-0.1, -0.05) is 47.0 Å². The van der Waals surface area contributed by atoms with Crippen LogP contribution < -0.4 is 0 Å². The third kappa shape index (κ3) is 3.16. The zero-order chi connectivity index (χ0) is 9.24. The van der Waals surface area contributed by atoms with Crippen molar-refractivity contribution in [2.45, 2.75) is 59.8 Å². The van der Waals surface area contributed by atoms with E-state index in [0.717, 1.165) is 0 Å². The zero-order valence-corrected chi connectivity index (χ0v) is 9.11. The van der Waals surface area contributed by atoms with E-state index in [-0.39, 0.29) is 0 Å². The lowest BCUT2D eigenvalue weighted by Crippen LogP contribution is -2.25. The molecule has 1 saturated carbocycles. The highest BCUT2D eigenvalue weighted by atomic mass is 14.3. The highest BCUT2D eigenvalue weighted by Crippen LogP contribution is 2.41. The SMILES string of the molecule is CC1(C)[CH]C(C)(C)CCCCC1. The Kier molecular flexibility index (Phi) is 2.85. The molecule has 0 saturated heterocycles. The van der Waals surface area contributed by atoms with Gasteiger partial charge in [-0.3, -0.25) is 0 Å². The van der Waals surface area contributed by atoms with Crippen LogP contribution in [0, 0.1) is 17.3 Å². The summed E-state index contributed by atoms with van der Waals surface area (Å²) in [5.41, 5.74) is 0.924. The highest BCUT2D eigenvalue weighted by molar-refractivity contribution is 4.96. The highest BCUT2D eigenvalue weighted by Gasteiger charge is 2.29. The fourth-order valence-electron chi connectivity index (χ4n) is 2.54. The molecule has 0 unspecified atom stereocenters. The third-order valence-corrected chi connectivity index (χ3v) is 2.92. The van der Waals surface area contributed by atoms with Gasteiger partial charge in [0.25, 0.3) is 0 Å². The van der Waals surface area contributed by atoms with Crippen LogP contribution in [-0.4, -0.2) is 0 Å². The molecule has 0 bridgehead atoms. The molecular weight excluding hydrogens is 144 g/mol.